The van der Waals surface area contributed by atoms with Gasteiger partial charge in [0, 0.05) is 6.42 Å². The van der Waals surface area contributed by atoms with Crippen molar-refractivity contribution in [1.82, 2.24) is 10.9 Å². The maximum absolute atomic E-state index is 12.1. The lowest BCUT2D eigenvalue weighted by Gasteiger charge is -2.13. The van der Waals surface area contributed by atoms with E-state index in [9.17, 15) is 9.59 Å². The molecule has 0 spiro atoms. The fourth-order valence-electron chi connectivity index (χ4n) is 2.44. The van der Waals surface area contributed by atoms with Crippen molar-refractivity contribution < 1.29 is 19.1 Å². The molecule has 24 heavy (non-hydrogen) atoms. The first-order valence-electron chi connectivity index (χ1n) is 7.65. The minimum absolute atomic E-state index is 0.184. The molecule has 0 saturated carbocycles. The fourth-order valence-corrected chi connectivity index (χ4v) is 2.44. The van der Waals surface area contributed by atoms with E-state index < -0.39 is 17.9 Å². The van der Waals surface area contributed by atoms with Gasteiger partial charge in [0.05, 0.1) is 0 Å². The van der Waals surface area contributed by atoms with Gasteiger partial charge in [-0.3, -0.25) is 20.4 Å². The van der Waals surface area contributed by atoms with E-state index in [4.69, 9.17) is 9.47 Å². The van der Waals surface area contributed by atoms with E-state index >= 15 is 0 Å². The van der Waals surface area contributed by atoms with Crippen molar-refractivity contribution in [3.05, 3.63) is 59.7 Å². The summed E-state index contributed by atoms with van der Waals surface area (Å²) >= 11 is 0. The molecule has 6 heteroatoms. The lowest BCUT2D eigenvalue weighted by Crippen LogP contribution is -2.49. The number of rotatable bonds is 4. The van der Waals surface area contributed by atoms with Gasteiger partial charge >= 0.3 is 0 Å². The summed E-state index contributed by atoms with van der Waals surface area (Å²) in [5, 5.41) is 0. The summed E-state index contributed by atoms with van der Waals surface area (Å²) in [5.74, 6) is 0.498. The predicted octanol–water partition coefficient (Wildman–Crippen LogP) is 1.52. The second-order valence-corrected chi connectivity index (χ2v) is 5.51. The Morgan fingerprint density at radius 2 is 1.88 bits per heavy atom. The highest BCUT2D eigenvalue weighted by Crippen LogP contribution is 2.27. The highest BCUT2D eigenvalue weighted by atomic mass is 16.5. The number of hydrogen-bond donors (Lipinski definition) is 2. The zero-order valence-electron chi connectivity index (χ0n) is 13.2. The summed E-state index contributed by atoms with van der Waals surface area (Å²) < 4.78 is 11.0. The van der Waals surface area contributed by atoms with Gasteiger partial charge in [-0.15, -0.1) is 0 Å². The Kier molecular flexibility index (Phi) is 4.65. The monoisotopic (exact) mass is 326 g/mol. The summed E-state index contributed by atoms with van der Waals surface area (Å²) in [4.78, 5) is 23.8. The first kappa shape index (κ1) is 15.9. The molecule has 0 aliphatic carbocycles. The molecule has 6 nitrogen and oxygen atoms in total. The van der Waals surface area contributed by atoms with Crippen LogP contribution in [0.4, 0.5) is 0 Å². The van der Waals surface area contributed by atoms with Crippen LogP contribution in [0.2, 0.25) is 0 Å². The lowest BCUT2D eigenvalue weighted by molar-refractivity contribution is -0.133. The smallest absolute Gasteiger partial charge is 0.279 e. The van der Waals surface area contributed by atoms with Crippen LogP contribution in [0.3, 0.4) is 0 Å². The van der Waals surface area contributed by atoms with Gasteiger partial charge < -0.3 is 9.47 Å². The first-order valence-corrected chi connectivity index (χ1v) is 7.65. The van der Waals surface area contributed by atoms with Crippen LogP contribution in [0.5, 0.6) is 11.5 Å². The van der Waals surface area contributed by atoms with Crippen LogP contribution in [-0.4, -0.2) is 24.5 Å². The second-order valence-electron chi connectivity index (χ2n) is 5.51. The van der Waals surface area contributed by atoms with Crippen molar-refractivity contribution in [3.63, 3.8) is 0 Å². The van der Waals surface area contributed by atoms with Crippen LogP contribution in [0.15, 0.2) is 48.5 Å². The normalized spacial score (nSPS) is 15.1. The number of fused-ring (bicyclic) bond motifs is 1. The summed E-state index contributed by atoms with van der Waals surface area (Å²) in [6.45, 7) is 1.71. The largest absolute Gasteiger partial charge is 0.483 e. The van der Waals surface area contributed by atoms with Crippen molar-refractivity contribution in [1.29, 1.82) is 0 Å². The third kappa shape index (κ3) is 3.65. The molecule has 0 bridgehead atoms. The quantitative estimate of drug-likeness (QED) is 0.835. The summed E-state index contributed by atoms with van der Waals surface area (Å²) in [7, 11) is 0. The number of benzene rings is 2. The van der Waals surface area contributed by atoms with Gasteiger partial charge in [-0.05, 0) is 30.2 Å². The van der Waals surface area contributed by atoms with E-state index in [1.807, 2.05) is 49.4 Å². The van der Waals surface area contributed by atoms with Crippen molar-refractivity contribution in [2.45, 2.75) is 19.4 Å². The topological polar surface area (TPSA) is 76.7 Å². The number of hydrogen-bond acceptors (Lipinski definition) is 4. The molecular weight excluding hydrogens is 308 g/mol. The van der Waals surface area contributed by atoms with Gasteiger partial charge in [-0.2, -0.15) is 0 Å². The van der Waals surface area contributed by atoms with Crippen LogP contribution >= 0.6 is 0 Å². The van der Waals surface area contributed by atoms with Gasteiger partial charge in [-0.1, -0.05) is 36.4 Å². The Labute approximate surface area is 139 Å². The van der Waals surface area contributed by atoms with Crippen molar-refractivity contribution in [2.75, 3.05) is 6.61 Å². The highest BCUT2D eigenvalue weighted by Gasteiger charge is 2.28. The Morgan fingerprint density at radius 1 is 1.12 bits per heavy atom. The van der Waals surface area contributed by atoms with Crippen molar-refractivity contribution in [3.8, 4) is 11.5 Å². The molecule has 124 valence electrons. The first-order chi connectivity index (χ1) is 11.6. The van der Waals surface area contributed by atoms with Crippen molar-refractivity contribution >= 4 is 11.8 Å². The minimum Gasteiger partial charge on any atom is -0.483 e. The summed E-state index contributed by atoms with van der Waals surface area (Å²) in [6.07, 6.45) is -0.155. The molecule has 0 radical (unpaired) electrons. The average Bonchev–Trinajstić information content (AvgIpc) is 3.03. The van der Waals surface area contributed by atoms with Crippen LogP contribution < -0.4 is 20.3 Å². The molecule has 2 amide bonds. The van der Waals surface area contributed by atoms with Gasteiger partial charge in [0.25, 0.3) is 11.8 Å². The zero-order chi connectivity index (χ0) is 16.9. The third-order valence-corrected chi connectivity index (χ3v) is 3.72. The maximum atomic E-state index is 12.1. The number of nitrogens with one attached hydrogen (secondary N) is 2. The van der Waals surface area contributed by atoms with Crippen LogP contribution in [0, 0.1) is 6.92 Å². The molecule has 0 saturated heterocycles. The van der Waals surface area contributed by atoms with Crippen LogP contribution in [-0.2, 0) is 16.0 Å². The van der Waals surface area contributed by atoms with Gasteiger partial charge in [0.1, 0.15) is 11.5 Å². The molecule has 0 fully saturated rings. The molecule has 0 unspecified atom stereocenters. The van der Waals surface area contributed by atoms with Gasteiger partial charge in [-0.25, -0.2) is 0 Å². The number of carbonyl (C=O) groups is 2. The van der Waals surface area contributed by atoms with E-state index in [0.717, 1.165) is 11.1 Å². The van der Waals surface area contributed by atoms with E-state index in [2.05, 4.69) is 10.9 Å². The molecule has 3 rings (SSSR count). The molecule has 1 aliphatic rings. The maximum Gasteiger partial charge on any atom is 0.279 e. The number of ether oxygens (including phenoxy) is 2. The molecule has 2 aromatic carbocycles. The fraction of sp³-hybridized carbons (Fsp3) is 0.222. The molecule has 1 heterocycles. The van der Waals surface area contributed by atoms with E-state index in [-0.39, 0.29) is 6.61 Å². The molecular formula is C18H18N2O4. The molecule has 1 aliphatic heterocycles. The van der Waals surface area contributed by atoms with Gasteiger partial charge in [0.15, 0.2) is 12.7 Å². The Morgan fingerprint density at radius 3 is 2.67 bits per heavy atom. The molecule has 1 atom stereocenters. The summed E-state index contributed by atoms with van der Waals surface area (Å²) in [5.41, 5.74) is 6.61. The SMILES string of the molecule is Cc1ccccc1OCC(=O)NNC(=O)[C@@H]1Cc2ccccc2O1. The predicted molar refractivity (Wildman–Crippen MR) is 87.5 cm³/mol. The Bertz CT molecular complexity index is 735. The molecule has 2 N–H and O–H groups in total. The van der Waals surface area contributed by atoms with Crippen LogP contribution in [0.1, 0.15) is 11.1 Å². The van der Waals surface area contributed by atoms with Crippen molar-refractivity contribution in [2.24, 2.45) is 0 Å². The van der Waals surface area contributed by atoms with E-state index in [0.29, 0.717) is 17.9 Å². The number of amides is 2. The van der Waals surface area contributed by atoms with E-state index in [1.54, 1.807) is 6.07 Å². The standard InChI is InChI=1S/C18H18N2O4/c1-12-6-2-4-8-14(12)23-11-17(21)19-20-18(22)16-10-13-7-3-5-9-15(13)24-16/h2-9,16H,10-11H2,1H3,(H,19,21)(H,20,22)/t16-/m0/s1. The Hall–Kier alpha value is -3.02. The minimum atomic E-state index is -0.639. The summed E-state index contributed by atoms with van der Waals surface area (Å²) in [6, 6.07) is 14.9. The second kappa shape index (κ2) is 7.04. The number of aryl methyl sites for hydroxylation is 1. The van der Waals surface area contributed by atoms with Gasteiger partial charge in [0.2, 0.25) is 0 Å². The Balaban J connectivity index is 1.44. The number of para-hydroxylation sites is 2. The van der Waals surface area contributed by atoms with Crippen LogP contribution in [0.25, 0.3) is 0 Å². The molecule has 2 aromatic rings. The molecule has 0 aromatic heterocycles. The van der Waals surface area contributed by atoms with E-state index in [1.165, 1.54) is 0 Å². The number of carbonyl (C=O) groups excluding carboxylic acids is 2. The zero-order valence-corrected chi connectivity index (χ0v) is 13.2. The lowest BCUT2D eigenvalue weighted by atomic mass is 10.1. The number of hydrazine groups is 1. The highest BCUT2D eigenvalue weighted by molar-refractivity contribution is 5.86. The average molecular weight is 326 g/mol. The third-order valence-electron chi connectivity index (χ3n) is 3.72.